The molecule has 160 valence electrons. The molecule has 1 saturated heterocycles. The Morgan fingerprint density at radius 2 is 1.59 bits per heavy atom. The van der Waals surface area contributed by atoms with Gasteiger partial charge < -0.3 is 14.8 Å². The van der Waals surface area contributed by atoms with Gasteiger partial charge in [0.25, 0.3) is 0 Å². The first-order chi connectivity index (χ1) is 15.5. The van der Waals surface area contributed by atoms with Gasteiger partial charge in [-0.3, -0.25) is 4.98 Å². The number of nitrogens with zero attached hydrogens (tertiary/aromatic N) is 4. The van der Waals surface area contributed by atoms with Crippen LogP contribution in [0.5, 0.6) is 0 Å². The van der Waals surface area contributed by atoms with Gasteiger partial charge in [-0.1, -0.05) is 29.8 Å². The van der Waals surface area contributed by atoms with Gasteiger partial charge in [0.1, 0.15) is 5.82 Å². The Kier molecular flexibility index (Phi) is 5.23. The maximum atomic E-state index is 5.85. The van der Waals surface area contributed by atoms with E-state index < -0.39 is 0 Å². The molecule has 0 radical (unpaired) electrons. The summed E-state index contributed by atoms with van der Waals surface area (Å²) in [4.78, 5) is 11.5. The van der Waals surface area contributed by atoms with Crippen molar-refractivity contribution in [1.29, 1.82) is 0 Å². The van der Waals surface area contributed by atoms with E-state index in [0.29, 0.717) is 5.11 Å². The van der Waals surface area contributed by atoms with Crippen LogP contribution in [0.15, 0.2) is 79.1 Å². The van der Waals surface area contributed by atoms with Gasteiger partial charge in [-0.05, 0) is 81.0 Å². The normalized spacial score (nSPS) is 18.1. The molecule has 2 atom stereocenters. The third-order valence-corrected chi connectivity index (χ3v) is 6.39. The Morgan fingerprint density at radius 1 is 0.875 bits per heavy atom. The number of aryl methyl sites for hydroxylation is 2. The molecule has 1 aliphatic heterocycles. The van der Waals surface area contributed by atoms with Crippen LogP contribution in [0.3, 0.4) is 0 Å². The molecular weight excluding hydrogens is 414 g/mol. The minimum absolute atomic E-state index is 0.0382. The second-order valence-electron chi connectivity index (χ2n) is 8.18. The number of hydrogen-bond acceptors (Lipinski definition) is 3. The summed E-state index contributed by atoms with van der Waals surface area (Å²) in [6, 6.07) is 22.7. The predicted octanol–water partition coefficient (Wildman–Crippen LogP) is 5.37. The Balaban J connectivity index is 1.68. The number of aromatic nitrogens is 3. The zero-order valence-electron chi connectivity index (χ0n) is 18.4. The summed E-state index contributed by atoms with van der Waals surface area (Å²) in [6.45, 7) is 6.37. The summed E-state index contributed by atoms with van der Waals surface area (Å²) in [6.07, 6.45) is 3.66. The fraction of sp³-hybridized carbons (Fsp3) is 0.192. The summed E-state index contributed by atoms with van der Waals surface area (Å²) in [7, 11) is 0. The topological polar surface area (TPSA) is 46.0 Å². The van der Waals surface area contributed by atoms with Crippen LogP contribution in [0.25, 0.3) is 5.82 Å². The van der Waals surface area contributed by atoms with Gasteiger partial charge in [0.05, 0.1) is 17.8 Å². The van der Waals surface area contributed by atoms with E-state index in [1.54, 1.807) is 0 Å². The van der Waals surface area contributed by atoms with E-state index in [4.69, 9.17) is 12.2 Å². The Bertz CT molecular complexity index is 1250. The van der Waals surface area contributed by atoms with Crippen LogP contribution in [0.2, 0.25) is 0 Å². The van der Waals surface area contributed by atoms with Gasteiger partial charge in [-0.25, -0.2) is 4.98 Å². The highest BCUT2D eigenvalue weighted by Crippen LogP contribution is 2.43. The molecule has 0 aliphatic carbocycles. The lowest BCUT2D eigenvalue weighted by molar-refractivity contribution is 0.565. The first-order valence-corrected chi connectivity index (χ1v) is 11.1. The van der Waals surface area contributed by atoms with Gasteiger partial charge in [-0.15, -0.1) is 0 Å². The van der Waals surface area contributed by atoms with Crippen LogP contribution in [-0.4, -0.2) is 19.6 Å². The molecule has 0 bridgehead atoms. The highest BCUT2D eigenvalue weighted by Gasteiger charge is 2.42. The van der Waals surface area contributed by atoms with Crippen molar-refractivity contribution in [1.82, 2.24) is 19.9 Å². The van der Waals surface area contributed by atoms with Gasteiger partial charge in [-0.2, -0.15) is 0 Å². The zero-order valence-corrected chi connectivity index (χ0v) is 19.2. The highest BCUT2D eigenvalue weighted by atomic mass is 32.1. The maximum absolute atomic E-state index is 5.85. The molecule has 5 nitrogen and oxygen atoms in total. The second kappa shape index (κ2) is 8.20. The fourth-order valence-corrected chi connectivity index (χ4v) is 4.93. The van der Waals surface area contributed by atoms with Crippen molar-refractivity contribution in [3.8, 4) is 5.82 Å². The molecule has 1 N–H and O–H groups in total. The van der Waals surface area contributed by atoms with Crippen molar-refractivity contribution in [2.75, 3.05) is 4.90 Å². The van der Waals surface area contributed by atoms with E-state index in [1.807, 2.05) is 42.7 Å². The molecule has 4 aromatic rings. The number of thiocarbonyl (C=S) groups is 1. The van der Waals surface area contributed by atoms with E-state index in [2.05, 4.69) is 81.9 Å². The molecule has 0 unspecified atom stereocenters. The standard InChI is InChI=1S/C26H25N5S/c1-17-10-12-20(13-11-17)31-25(24(29-26(31)32)22-8-4-6-14-27-22)21-16-18(2)30(19(21)3)23-9-5-7-15-28-23/h4-16,24-25H,1-3H3,(H,29,32)/t24-,25-/m0/s1. The summed E-state index contributed by atoms with van der Waals surface area (Å²) in [5.74, 6) is 0.915. The zero-order chi connectivity index (χ0) is 22.2. The molecule has 1 aromatic carbocycles. The summed E-state index contributed by atoms with van der Waals surface area (Å²) in [5, 5.41) is 4.25. The van der Waals surface area contributed by atoms with E-state index >= 15 is 0 Å². The number of nitrogens with one attached hydrogen (secondary N) is 1. The van der Waals surface area contributed by atoms with Crippen molar-refractivity contribution in [2.45, 2.75) is 32.9 Å². The van der Waals surface area contributed by atoms with Gasteiger partial charge in [0, 0.05) is 29.5 Å². The number of pyridine rings is 2. The van der Waals surface area contributed by atoms with Crippen LogP contribution in [-0.2, 0) is 0 Å². The first-order valence-electron chi connectivity index (χ1n) is 10.7. The average molecular weight is 440 g/mol. The molecule has 3 aromatic heterocycles. The van der Waals surface area contributed by atoms with E-state index in [0.717, 1.165) is 28.6 Å². The predicted molar refractivity (Wildman–Crippen MR) is 132 cm³/mol. The first kappa shape index (κ1) is 20.4. The third kappa shape index (κ3) is 3.46. The van der Waals surface area contributed by atoms with E-state index in [-0.39, 0.29) is 12.1 Å². The van der Waals surface area contributed by atoms with Crippen molar-refractivity contribution in [3.63, 3.8) is 0 Å². The minimum atomic E-state index is -0.0670. The second-order valence-corrected chi connectivity index (χ2v) is 8.57. The van der Waals surface area contributed by atoms with Gasteiger partial charge in [0.15, 0.2) is 5.11 Å². The lowest BCUT2D eigenvalue weighted by Gasteiger charge is -2.28. The van der Waals surface area contributed by atoms with Gasteiger partial charge in [0.2, 0.25) is 0 Å². The van der Waals surface area contributed by atoms with Crippen LogP contribution in [0.4, 0.5) is 5.69 Å². The third-order valence-electron chi connectivity index (χ3n) is 6.08. The summed E-state index contributed by atoms with van der Waals surface area (Å²) < 4.78 is 2.21. The molecule has 1 fully saturated rings. The smallest absolute Gasteiger partial charge is 0.174 e. The molecule has 5 rings (SSSR count). The van der Waals surface area contributed by atoms with Gasteiger partial charge >= 0.3 is 0 Å². The van der Waals surface area contributed by atoms with Crippen LogP contribution < -0.4 is 10.2 Å². The molecule has 6 heteroatoms. The van der Waals surface area contributed by atoms with Crippen molar-refractivity contribution < 1.29 is 0 Å². The Morgan fingerprint density at radius 3 is 2.25 bits per heavy atom. The summed E-state index contributed by atoms with van der Waals surface area (Å²) in [5.41, 5.74) is 6.75. The fourth-order valence-electron chi connectivity index (χ4n) is 4.58. The number of anilines is 1. The lowest BCUT2D eigenvalue weighted by Crippen LogP contribution is -2.29. The molecule has 0 saturated carbocycles. The monoisotopic (exact) mass is 439 g/mol. The van der Waals surface area contributed by atoms with Crippen molar-refractivity contribution in [2.24, 2.45) is 0 Å². The maximum Gasteiger partial charge on any atom is 0.174 e. The molecule has 0 amide bonds. The summed E-state index contributed by atoms with van der Waals surface area (Å²) >= 11 is 5.85. The minimum Gasteiger partial charge on any atom is -0.351 e. The van der Waals surface area contributed by atoms with Crippen LogP contribution in [0, 0.1) is 20.8 Å². The number of hydrogen-bond donors (Lipinski definition) is 1. The average Bonchev–Trinajstić information content (AvgIpc) is 3.31. The molecular formula is C26H25N5S. The van der Waals surface area contributed by atoms with Crippen molar-refractivity contribution in [3.05, 3.63) is 107 Å². The number of rotatable bonds is 4. The largest absolute Gasteiger partial charge is 0.351 e. The highest BCUT2D eigenvalue weighted by molar-refractivity contribution is 7.80. The SMILES string of the molecule is Cc1ccc(N2C(=S)N[C@@H](c3ccccn3)[C@@H]2c2cc(C)n(-c3ccccn3)c2C)cc1. The molecule has 1 aliphatic rings. The van der Waals surface area contributed by atoms with E-state index in [1.165, 1.54) is 11.1 Å². The molecule has 0 spiro atoms. The quantitative estimate of drug-likeness (QED) is 0.433. The lowest BCUT2D eigenvalue weighted by atomic mass is 9.96. The Hall–Kier alpha value is -3.51. The molecule has 4 heterocycles. The van der Waals surface area contributed by atoms with Crippen LogP contribution in [0.1, 0.15) is 40.3 Å². The van der Waals surface area contributed by atoms with E-state index in [9.17, 15) is 0 Å². The number of benzene rings is 1. The molecule has 32 heavy (non-hydrogen) atoms. The Labute approximate surface area is 193 Å². The van der Waals surface area contributed by atoms with Crippen molar-refractivity contribution >= 4 is 23.0 Å². The van der Waals surface area contributed by atoms with Crippen LogP contribution >= 0.6 is 12.2 Å².